The Balaban J connectivity index is 1.71. The van der Waals surface area contributed by atoms with Crippen molar-refractivity contribution >= 4 is 22.7 Å². The van der Waals surface area contributed by atoms with Crippen LogP contribution in [0.2, 0.25) is 0 Å². The molecule has 0 spiro atoms. The molecule has 4 nitrogen and oxygen atoms in total. The molecule has 0 amide bonds. The van der Waals surface area contributed by atoms with E-state index in [0.717, 1.165) is 22.4 Å². The number of para-hydroxylation sites is 2. The Morgan fingerprint density at radius 1 is 1.00 bits per heavy atom. The number of aromatic nitrogens is 2. The lowest BCUT2D eigenvalue weighted by Crippen LogP contribution is -1.84. The summed E-state index contributed by atoms with van der Waals surface area (Å²) in [6, 6.07) is 23.5. The summed E-state index contributed by atoms with van der Waals surface area (Å²) in [6.45, 7) is 0. The molecule has 0 saturated carbocycles. The molecule has 0 aliphatic rings. The normalized spacial score (nSPS) is 11.5. The van der Waals surface area contributed by atoms with Gasteiger partial charge in [-0.25, -0.2) is 4.98 Å². The molecule has 0 aliphatic heterocycles. The number of hydrogen-bond donors (Lipinski definition) is 1. The lowest BCUT2D eigenvalue weighted by atomic mass is 10.2. The molecule has 0 saturated heterocycles. The first-order valence-corrected chi connectivity index (χ1v) is 7.56. The number of rotatable bonds is 3. The van der Waals surface area contributed by atoms with Crippen LogP contribution in [0.5, 0.6) is 0 Å². The van der Waals surface area contributed by atoms with Crippen LogP contribution < -0.4 is 0 Å². The minimum Gasteiger partial charge on any atom is -0.457 e. The minimum atomic E-state index is 0.431. The van der Waals surface area contributed by atoms with Crippen LogP contribution in [-0.2, 0) is 0 Å². The van der Waals surface area contributed by atoms with Crippen LogP contribution in [0.15, 0.2) is 71.1 Å². The number of benzene rings is 2. The SMILES string of the molecule is N#C/C(=C/c1ccc(-c2ccccc2)o1)c1nc2ccccc2[nH]1. The minimum absolute atomic E-state index is 0.431. The zero-order valence-corrected chi connectivity index (χ0v) is 12.7. The Kier molecular flexibility index (Phi) is 3.45. The van der Waals surface area contributed by atoms with Crippen molar-refractivity contribution in [2.45, 2.75) is 0 Å². The first-order valence-electron chi connectivity index (χ1n) is 7.56. The van der Waals surface area contributed by atoms with Crippen LogP contribution in [0.1, 0.15) is 11.6 Å². The van der Waals surface area contributed by atoms with E-state index in [0.29, 0.717) is 17.2 Å². The Morgan fingerprint density at radius 3 is 2.58 bits per heavy atom. The molecule has 0 bridgehead atoms. The van der Waals surface area contributed by atoms with Gasteiger partial charge >= 0.3 is 0 Å². The maximum atomic E-state index is 9.47. The monoisotopic (exact) mass is 311 g/mol. The van der Waals surface area contributed by atoms with Gasteiger partial charge in [-0.3, -0.25) is 0 Å². The van der Waals surface area contributed by atoms with Gasteiger partial charge in [-0.1, -0.05) is 42.5 Å². The summed E-state index contributed by atoms with van der Waals surface area (Å²) in [5.74, 6) is 1.92. The number of nitrogens with one attached hydrogen (secondary N) is 1. The standard InChI is InChI=1S/C20H13N3O/c21-13-15(20-22-17-8-4-5-9-18(17)23-20)12-16-10-11-19(24-16)14-6-2-1-3-7-14/h1-12H,(H,22,23)/b15-12-. The third-order valence-electron chi connectivity index (χ3n) is 3.74. The highest BCUT2D eigenvalue weighted by Gasteiger charge is 2.09. The van der Waals surface area contributed by atoms with Gasteiger partial charge in [-0.15, -0.1) is 0 Å². The highest BCUT2D eigenvalue weighted by atomic mass is 16.3. The average molecular weight is 311 g/mol. The van der Waals surface area contributed by atoms with Gasteiger partial charge in [0, 0.05) is 11.6 Å². The number of hydrogen-bond acceptors (Lipinski definition) is 3. The third-order valence-corrected chi connectivity index (χ3v) is 3.74. The van der Waals surface area contributed by atoms with Crippen LogP contribution in [0.4, 0.5) is 0 Å². The topological polar surface area (TPSA) is 65.6 Å². The number of nitriles is 1. The number of H-pyrrole nitrogens is 1. The van der Waals surface area contributed by atoms with E-state index in [4.69, 9.17) is 4.42 Å². The first-order chi connectivity index (χ1) is 11.8. The second-order valence-corrected chi connectivity index (χ2v) is 5.34. The van der Waals surface area contributed by atoms with E-state index in [1.54, 1.807) is 6.08 Å². The van der Waals surface area contributed by atoms with Gasteiger partial charge in [-0.2, -0.15) is 5.26 Å². The van der Waals surface area contributed by atoms with Gasteiger partial charge in [0.1, 0.15) is 23.4 Å². The lowest BCUT2D eigenvalue weighted by molar-refractivity contribution is 0.572. The van der Waals surface area contributed by atoms with E-state index in [-0.39, 0.29) is 0 Å². The van der Waals surface area contributed by atoms with Gasteiger partial charge in [0.2, 0.25) is 0 Å². The van der Waals surface area contributed by atoms with Gasteiger partial charge in [-0.05, 0) is 24.3 Å². The maximum absolute atomic E-state index is 9.47. The molecule has 24 heavy (non-hydrogen) atoms. The molecule has 114 valence electrons. The molecule has 0 fully saturated rings. The van der Waals surface area contributed by atoms with Gasteiger partial charge in [0.25, 0.3) is 0 Å². The van der Waals surface area contributed by atoms with Crippen LogP contribution in [-0.4, -0.2) is 9.97 Å². The van der Waals surface area contributed by atoms with E-state index in [1.165, 1.54) is 0 Å². The van der Waals surface area contributed by atoms with Crippen LogP contribution in [0.25, 0.3) is 34.0 Å². The fraction of sp³-hybridized carbons (Fsp3) is 0. The molecule has 4 rings (SSSR count). The van der Waals surface area contributed by atoms with E-state index >= 15 is 0 Å². The number of furan rings is 1. The molecule has 0 atom stereocenters. The molecule has 0 aliphatic carbocycles. The van der Waals surface area contributed by atoms with Gasteiger partial charge < -0.3 is 9.40 Å². The summed E-state index contributed by atoms with van der Waals surface area (Å²) in [4.78, 5) is 7.62. The quantitative estimate of drug-likeness (QED) is 0.548. The summed E-state index contributed by atoms with van der Waals surface area (Å²) < 4.78 is 5.83. The molecule has 2 aromatic heterocycles. The highest BCUT2D eigenvalue weighted by Crippen LogP contribution is 2.25. The fourth-order valence-corrected chi connectivity index (χ4v) is 2.56. The number of imidazole rings is 1. The van der Waals surface area contributed by atoms with Crippen molar-refractivity contribution in [2.24, 2.45) is 0 Å². The largest absolute Gasteiger partial charge is 0.457 e. The highest BCUT2D eigenvalue weighted by molar-refractivity contribution is 5.89. The summed E-state index contributed by atoms with van der Waals surface area (Å²) in [6.07, 6.45) is 1.70. The smallest absolute Gasteiger partial charge is 0.149 e. The van der Waals surface area contributed by atoms with E-state index < -0.39 is 0 Å². The number of allylic oxidation sites excluding steroid dienone is 1. The van der Waals surface area contributed by atoms with Crippen molar-refractivity contribution in [3.8, 4) is 17.4 Å². The Morgan fingerprint density at radius 2 is 1.79 bits per heavy atom. The van der Waals surface area contributed by atoms with Gasteiger partial charge in [0.05, 0.1) is 16.6 Å². The van der Waals surface area contributed by atoms with E-state index in [2.05, 4.69) is 16.0 Å². The predicted molar refractivity (Wildman–Crippen MR) is 93.7 cm³/mol. The van der Waals surface area contributed by atoms with Crippen molar-refractivity contribution in [1.82, 2.24) is 9.97 Å². The lowest BCUT2D eigenvalue weighted by Gasteiger charge is -1.95. The molecular weight excluding hydrogens is 298 g/mol. The van der Waals surface area contributed by atoms with Gasteiger partial charge in [0.15, 0.2) is 0 Å². The third kappa shape index (κ3) is 2.59. The van der Waals surface area contributed by atoms with Crippen molar-refractivity contribution < 1.29 is 4.42 Å². The van der Waals surface area contributed by atoms with Crippen molar-refractivity contribution in [2.75, 3.05) is 0 Å². The summed E-state index contributed by atoms with van der Waals surface area (Å²) in [5, 5.41) is 9.47. The summed E-state index contributed by atoms with van der Waals surface area (Å²) in [7, 11) is 0. The molecule has 2 aromatic carbocycles. The predicted octanol–water partition coefficient (Wildman–Crippen LogP) is 4.89. The average Bonchev–Trinajstić information content (AvgIpc) is 3.27. The van der Waals surface area contributed by atoms with E-state index in [1.807, 2.05) is 66.7 Å². The first kappa shape index (κ1) is 14.0. The van der Waals surface area contributed by atoms with Crippen LogP contribution in [0.3, 0.4) is 0 Å². The zero-order valence-electron chi connectivity index (χ0n) is 12.7. The van der Waals surface area contributed by atoms with Crippen molar-refractivity contribution in [3.63, 3.8) is 0 Å². The molecular formula is C20H13N3O. The maximum Gasteiger partial charge on any atom is 0.149 e. The fourth-order valence-electron chi connectivity index (χ4n) is 2.56. The Labute approximate surface area is 138 Å². The van der Waals surface area contributed by atoms with Crippen molar-refractivity contribution in [1.29, 1.82) is 5.26 Å². The molecule has 1 N–H and O–H groups in total. The molecule has 2 heterocycles. The molecule has 0 radical (unpaired) electrons. The van der Waals surface area contributed by atoms with Crippen LogP contribution >= 0.6 is 0 Å². The number of aromatic amines is 1. The molecule has 4 aromatic rings. The zero-order chi connectivity index (χ0) is 16.4. The Hall–Kier alpha value is -3.58. The summed E-state index contributed by atoms with van der Waals surface area (Å²) >= 11 is 0. The van der Waals surface area contributed by atoms with Crippen LogP contribution in [0, 0.1) is 11.3 Å². The summed E-state index contributed by atoms with van der Waals surface area (Å²) in [5.41, 5.74) is 3.16. The second-order valence-electron chi connectivity index (χ2n) is 5.34. The molecule has 4 heteroatoms. The van der Waals surface area contributed by atoms with E-state index in [9.17, 15) is 5.26 Å². The Bertz CT molecular complexity index is 1030. The molecule has 0 unspecified atom stereocenters. The second kappa shape index (κ2) is 5.90. The number of fused-ring (bicyclic) bond motifs is 1. The number of nitrogens with zero attached hydrogens (tertiary/aromatic N) is 2. The van der Waals surface area contributed by atoms with Crippen molar-refractivity contribution in [3.05, 3.63) is 78.3 Å².